The van der Waals surface area contributed by atoms with Gasteiger partial charge in [-0.1, -0.05) is 12.1 Å². The van der Waals surface area contributed by atoms with Crippen LogP contribution in [0.4, 0.5) is 0 Å². The molecule has 1 aromatic carbocycles. The largest absolute Gasteiger partial charge is 0.497 e. The van der Waals surface area contributed by atoms with Crippen molar-refractivity contribution < 1.29 is 15.2 Å². The Morgan fingerprint density at radius 3 is 2.73 bits per heavy atom. The van der Waals surface area contributed by atoms with Gasteiger partial charge in [-0.15, -0.1) is 0 Å². The smallest absolute Gasteiger partial charge is 0.119 e. The lowest BCUT2D eigenvalue weighted by atomic mass is 9.85. The highest BCUT2D eigenvalue weighted by Gasteiger charge is 2.33. The first-order chi connectivity index (χ1) is 7.24. The molecular weight excluding hydrogens is 190 g/mol. The summed E-state index contributed by atoms with van der Waals surface area (Å²) in [6, 6.07) is 7.76. The minimum Gasteiger partial charge on any atom is -0.497 e. The number of methoxy groups -OCH3 is 1. The molecule has 0 amide bonds. The van der Waals surface area contributed by atoms with Crippen molar-refractivity contribution in [2.45, 2.75) is 18.4 Å². The third-order valence-corrected chi connectivity index (χ3v) is 3.13. The predicted octanol–water partition coefficient (Wildman–Crippen LogP) is 0.240. The van der Waals surface area contributed by atoms with Crippen molar-refractivity contribution in [2.24, 2.45) is 0 Å². The fourth-order valence-corrected chi connectivity index (χ4v) is 2.15. The Hall–Kier alpha value is -1.06. The van der Waals surface area contributed by atoms with E-state index in [-0.39, 0.29) is 0 Å². The molecule has 1 aliphatic heterocycles. The van der Waals surface area contributed by atoms with Crippen LogP contribution in [0.25, 0.3) is 0 Å². The SMILES string of the molecule is COc1cccc(C2(O)CC[NH2+]CC2)c1. The van der Waals surface area contributed by atoms with Gasteiger partial charge < -0.3 is 15.2 Å². The number of aliphatic hydroxyl groups is 1. The van der Waals surface area contributed by atoms with Crippen molar-refractivity contribution >= 4 is 0 Å². The second-order valence-electron chi connectivity index (χ2n) is 4.13. The van der Waals surface area contributed by atoms with E-state index >= 15 is 0 Å². The highest BCUT2D eigenvalue weighted by molar-refractivity contribution is 5.32. The van der Waals surface area contributed by atoms with Gasteiger partial charge >= 0.3 is 0 Å². The van der Waals surface area contributed by atoms with E-state index in [9.17, 15) is 5.11 Å². The topological polar surface area (TPSA) is 46.1 Å². The summed E-state index contributed by atoms with van der Waals surface area (Å²) in [5.41, 5.74) is 0.332. The molecule has 0 spiro atoms. The zero-order valence-corrected chi connectivity index (χ0v) is 9.07. The molecule has 0 atom stereocenters. The number of hydrogen-bond donors (Lipinski definition) is 2. The van der Waals surface area contributed by atoms with E-state index in [2.05, 4.69) is 5.32 Å². The molecule has 3 N–H and O–H groups in total. The van der Waals surface area contributed by atoms with Crippen molar-refractivity contribution in [1.82, 2.24) is 0 Å². The average Bonchev–Trinajstić information content (AvgIpc) is 2.30. The number of rotatable bonds is 2. The maximum atomic E-state index is 10.5. The molecule has 0 bridgehead atoms. The summed E-state index contributed by atoms with van der Waals surface area (Å²) in [6.45, 7) is 1.99. The van der Waals surface area contributed by atoms with Crippen LogP contribution in [0.5, 0.6) is 5.75 Å². The fourth-order valence-electron chi connectivity index (χ4n) is 2.15. The third kappa shape index (κ3) is 2.13. The van der Waals surface area contributed by atoms with Gasteiger partial charge in [0.05, 0.1) is 20.2 Å². The van der Waals surface area contributed by atoms with Crippen LogP contribution in [-0.2, 0) is 5.60 Å². The molecular formula is C12H18NO2+. The normalized spacial score (nSPS) is 19.9. The van der Waals surface area contributed by atoms with Gasteiger partial charge in [0.15, 0.2) is 0 Å². The first-order valence-electron chi connectivity index (χ1n) is 5.43. The number of benzene rings is 1. The Balaban J connectivity index is 2.26. The Morgan fingerprint density at radius 1 is 1.33 bits per heavy atom. The molecule has 1 aliphatic rings. The van der Waals surface area contributed by atoms with Crippen LogP contribution < -0.4 is 10.1 Å². The van der Waals surface area contributed by atoms with E-state index in [4.69, 9.17) is 4.74 Å². The van der Waals surface area contributed by atoms with Gasteiger partial charge in [-0.05, 0) is 17.7 Å². The maximum Gasteiger partial charge on any atom is 0.119 e. The van der Waals surface area contributed by atoms with E-state index in [0.29, 0.717) is 0 Å². The number of quaternary nitrogens is 1. The van der Waals surface area contributed by atoms with E-state index in [1.54, 1.807) is 7.11 Å². The summed E-state index contributed by atoms with van der Waals surface area (Å²) in [5, 5.41) is 12.7. The minimum absolute atomic E-state index is 0.650. The van der Waals surface area contributed by atoms with Crippen LogP contribution in [0.15, 0.2) is 24.3 Å². The number of nitrogens with two attached hydrogens (primary N) is 1. The van der Waals surface area contributed by atoms with Crippen LogP contribution in [0.1, 0.15) is 18.4 Å². The van der Waals surface area contributed by atoms with Crippen LogP contribution in [0.2, 0.25) is 0 Å². The van der Waals surface area contributed by atoms with E-state index in [0.717, 1.165) is 37.2 Å². The second-order valence-corrected chi connectivity index (χ2v) is 4.13. The van der Waals surface area contributed by atoms with E-state index < -0.39 is 5.60 Å². The molecule has 82 valence electrons. The summed E-state index contributed by atoms with van der Waals surface area (Å²) in [5.74, 6) is 0.815. The Bertz CT molecular complexity index is 332. The first-order valence-corrected chi connectivity index (χ1v) is 5.43. The van der Waals surface area contributed by atoms with Crippen LogP contribution in [-0.4, -0.2) is 25.3 Å². The van der Waals surface area contributed by atoms with Crippen LogP contribution in [0.3, 0.4) is 0 Å². The lowest BCUT2D eigenvalue weighted by Crippen LogP contribution is -2.87. The van der Waals surface area contributed by atoms with Crippen molar-refractivity contribution in [2.75, 3.05) is 20.2 Å². The standard InChI is InChI=1S/C12H17NO2/c1-15-11-4-2-3-10(9-11)12(14)5-7-13-8-6-12/h2-4,9,13-14H,5-8H2,1H3/p+1. The molecule has 1 aromatic rings. The predicted molar refractivity (Wildman–Crippen MR) is 57.8 cm³/mol. The Labute approximate surface area is 90.1 Å². The monoisotopic (exact) mass is 208 g/mol. The van der Waals surface area contributed by atoms with Gasteiger partial charge in [-0.3, -0.25) is 0 Å². The minimum atomic E-state index is -0.650. The third-order valence-electron chi connectivity index (χ3n) is 3.13. The summed E-state index contributed by atoms with van der Waals surface area (Å²) in [4.78, 5) is 0. The van der Waals surface area contributed by atoms with Gasteiger partial charge in [0, 0.05) is 12.8 Å². The summed E-state index contributed by atoms with van der Waals surface area (Å²) in [7, 11) is 1.65. The van der Waals surface area contributed by atoms with Crippen LogP contribution in [0, 0.1) is 0 Å². The van der Waals surface area contributed by atoms with Crippen molar-refractivity contribution in [3.8, 4) is 5.75 Å². The molecule has 1 heterocycles. The number of ether oxygens (including phenoxy) is 1. The molecule has 1 saturated heterocycles. The summed E-state index contributed by atoms with van der Waals surface area (Å²) in [6.07, 6.45) is 1.64. The molecule has 0 unspecified atom stereocenters. The lowest BCUT2D eigenvalue weighted by Gasteiger charge is -2.31. The van der Waals surface area contributed by atoms with Gasteiger partial charge in [-0.2, -0.15) is 0 Å². The zero-order valence-electron chi connectivity index (χ0n) is 9.07. The Morgan fingerprint density at radius 2 is 2.07 bits per heavy atom. The molecule has 1 fully saturated rings. The molecule has 3 heteroatoms. The first kappa shape index (κ1) is 10.5. The highest BCUT2D eigenvalue weighted by Crippen LogP contribution is 2.30. The molecule has 0 radical (unpaired) electrons. The quantitative estimate of drug-likeness (QED) is 0.731. The van der Waals surface area contributed by atoms with Gasteiger partial charge in [-0.25, -0.2) is 0 Å². The number of hydrogen-bond acceptors (Lipinski definition) is 2. The lowest BCUT2D eigenvalue weighted by molar-refractivity contribution is -0.669. The molecule has 2 rings (SSSR count). The second kappa shape index (κ2) is 4.21. The van der Waals surface area contributed by atoms with Crippen molar-refractivity contribution in [3.05, 3.63) is 29.8 Å². The molecule has 0 aromatic heterocycles. The zero-order chi connectivity index (χ0) is 10.7. The van der Waals surface area contributed by atoms with Gasteiger partial charge in [0.2, 0.25) is 0 Å². The van der Waals surface area contributed by atoms with Gasteiger partial charge in [0.25, 0.3) is 0 Å². The molecule has 0 aliphatic carbocycles. The maximum absolute atomic E-state index is 10.5. The fraction of sp³-hybridized carbons (Fsp3) is 0.500. The molecule has 0 saturated carbocycles. The summed E-state index contributed by atoms with van der Waals surface area (Å²) >= 11 is 0. The summed E-state index contributed by atoms with van der Waals surface area (Å²) < 4.78 is 5.17. The number of piperidine rings is 1. The Kier molecular flexibility index (Phi) is 2.93. The van der Waals surface area contributed by atoms with E-state index in [1.807, 2.05) is 24.3 Å². The molecule has 15 heavy (non-hydrogen) atoms. The van der Waals surface area contributed by atoms with Crippen molar-refractivity contribution in [1.29, 1.82) is 0 Å². The van der Waals surface area contributed by atoms with Crippen LogP contribution >= 0.6 is 0 Å². The van der Waals surface area contributed by atoms with Crippen molar-refractivity contribution in [3.63, 3.8) is 0 Å². The highest BCUT2D eigenvalue weighted by atomic mass is 16.5. The average molecular weight is 208 g/mol. The van der Waals surface area contributed by atoms with Gasteiger partial charge in [0.1, 0.15) is 11.4 Å². The molecule has 3 nitrogen and oxygen atoms in total. The van der Waals surface area contributed by atoms with E-state index in [1.165, 1.54) is 0 Å².